The van der Waals surface area contributed by atoms with Crippen LogP contribution in [0.2, 0.25) is 0 Å². The third-order valence-electron chi connectivity index (χ3n) is 3.98. The molecule has 0 spiro atoms. The summed E-state index contributed by atoms with van der Waals surface area (Å²) in [6.45, 7) is -0.665. The Hall–Kier alpha value is -3.78. The molecule has 0 aliphatic carbocycles. The van der Waals surface area contributed by atoms with Crippen molar-refractivity contribution in [1.82, 2.24) is 0 Å². The number of rotatable bonds is 10. The van der Waals surface area contributed by atoms with E-state index in [1.165, 1.54) is 25.3 Å². The fourth-order valence-electron chi connectivity index (χ4n) is 2.36. The lowest BCUT2D eigenvalue weighted by Gasteiger charge is -2.10. The van der Waals surface area contributed by atoms with Gasteiger partial charge in [-0.15, -0.1) is 0 Å². The molecule has 0 bridgehead atoms. The van der Waals surface area contributed by atoms with E-state index < -0.39 is 18.0 Å². The van der Waals surface area contributed by atoms with Crippen LogP contribution in [0.15, 0.2) is 54.6 Å². The second-order valence-electron chi connectivity index (χ2n) is 6.29. The zero-order valence-corrected chi connectivity index (χ0v) is 17.2. The predicted octanol–water partition coefficient (Wildman–Crippen LogP) is 2.58. The number of aromatic hydroxyl groups is 1. The van der Waals surface area contributed by atoms with Crippen LogP contribution in [0.1, 0.15) is 11.1 Å². The first-order chi connectivity index (χ1) is 14.9. The molecule has 2 rings (SSSR count). The predicted molar refractivity (Wildman–Crippen MR) is 114 cm³/mol. The molecule has 0 radical (unpaired) electrons. The standard InChI is InChI=1S/C23H24O8/c1-28-19-8-3-16(4-9-19)6-11-22(26)30-14-18(24)15-31-23(27)12-7-17-5-10-21(29-2)20(25)13-17/h3-13,18,24-25H,14-15H2,1-2H3/b11-6+,12-7+. The second-order valence-corrected chi connectivity index (χ2v) is 6.29. The second kappa shape index (κ2) is 12.0. The molecule has 2 N–H and O–H groups in total. The molecular weight excluding hydrogens is 404 g/mol. The molecule has 8 nitrogen and oxygen atoms in total. The summed E-state index contributed by atoms with van der Waals surface area (Å²) < 4.78 is 19.8. The van der Waals surface area contributed by atoms with Gasteiger partial charge in [0.15, 0.2) is 11.5 Å². The summed E-state index contributed by atoms with van der Waals surface area (Å²) in [6, 6.07) is 11.7. The summed E-state index contributed by atoms with van der Waals surface area (Å²) in [5, 5.41) is 19.5. The number of aliphatic hydroxyl groups is 1. The third kappa shape index (κ3) is 8.23. The number of methoxy groups -OCH3 is 2. The minimum Gasteiger partial charge on any atom is -0.504 e. The fraction of sp³-hybridized carbons (Fsp3) is 0.217. The van der Waals surface area contributed by atoms with E-state index in [-0.39, 0.29) is 19.0 Å². The summed E-state index contributed by atoms with van der Waals surface area (Å²) in [6.07, 6.45) is 4.22. The largest absolute Gasteiger partial charge is 0.504 e. The van der Waals surface area contributed by atoms with E-state index in [1.54, 1.807) is 49.6 Å². The van der Waals surface area contributed by atoms with Gasteiger partial charge in [-0.3, -0.25) is 0 Å². The number of hydrogen-bond acceptors (Lipinski definition) is 8. The van der Waals surface area contributed by atoms with Gasteiger partial charge in [0, 0.05) is 12.2 Å². The van der Waals surface area contributed by atoms with Gasteiger partial charge < -0.3 is 29.2 Å². The molecule has 0 saturated heterocycles. The maximum atomic E-state index is 11.7. The van der Waals surface area contributed by atoms with E-state index in [2.05, 4.69) is 0 Å². The van der Waals surface area contributed by atoms with E-state index in [0.29, 0.717) is 17.1 Å². The highest BCUT2D eigenvalue weighted by molar-refractivity contribution is 5.87. The van der Waals surface area contributed by atoms with Gasteiger partial charge >= 0.3 is 11.9 Å². The minimum atomic E-state index is -1.17. The molecule has 8 heteroatoms. The van der Waals surface area contributed by atoms with Crippen molar-refractivity contribution in [2.24, 2.45) is 0 Å². The van der Waals surface area contributed by atoms with Gasteiger partial charge in [-0.25, -0.2) is 9.59 Å². The van der Waals surface area contributed by atoms with Crippen LogP contribution in [0.5, 0.6) is 17.2 Å². The molecular formula is C23H24O8. The SMILES string of the molecule is COc1ccc(/C=C/C(=O)OCC(O)COC(=O)/C=C/c2ccc(OC)c(O)c2)cc1. The van der Waals surface area contributed by atoms with Crippen LogP contribution in [0, 0.1) is 0 Å². The lowest BCUT2D eigenvalue weighted by Crippen LogP contribution is -2.24. The van der Waals surface area contributed by atoms with Crippen molar-refractivity contribution in [3.8, 4) is 17.2 Å². The highest BCUT2D eigenvalue weighted by Gasteiger charge is 2.10. The molecule has 2 aromatic rings. The van der Waals surface area contributed by atoms with E-state index in [9.17, 15) is 19.8 Å². The first-order valence-electron chi connectivity index (χ1n) is 9.30. The maximum absolute atomic E-state index is 11.7. The molecule has 0 amide bonds. The molecule has 0 aromatic heterocycles. The highest BCUT2D eigenvalue weighted by Crippen LogP contribution is 2.26. The Morgan fingerprint density at radius 2 is 1.42 bits per heavy atom. The van der Waals surface area contributed by atoms with E-state index >= 15 is 0 Å². The molecule has 2 aromatic carbocycles. The van der Waals surface area contributed by atoms with Crippen molar-refractivity contribution in [3.05, 3.63) is 65.7 Å². The molecule has 0 fully saturated rings. The fourth-order valence-corrected chi connectivity index (χ4v) is 2.36. The van der Waals surface area contributed by atoms with E-state index in [0.717, 1.165) is 11.6 Å². The smallest absolute Gasteiger partial charge is 0.330 e. The van der Waals surface area contributed by atoms with Gasteiger partial charge in [-0.1, -0.05) is 18.2 Å². The lowest BCUT2D eigenvalue weighted by molar-refractivity contribution is -0.146. The summed E-state index contributed by atoms with van der Waals surface area (Å²) >= 11 is 0. The molecule has 31 heavy (non-hydrogen) atoms. The first kappa shape index (κ1) is 23.5. The molecule has 1 unspecified atom stereocenters. The van der Waals surface area contributed by atoms with Crippen LogP contribution in [0.3, 0.4) is 0 Å². The van der Waals surface area contributed by atoms with Crippen LogP contribution in [0.25, 0.3) is 12.2 Å². The molecule has 1 atom stereocenters. The number of ether oxygens (including phenoxy) is 4. The Balaban J connectivity index is 1.71. The topological polar surface area (TPSA) is 112 Å². The molecule has 164 valence electrons. The molecule has 0 saturated carbocycles. The van der Waals surface area contributed by atoms with Gasteiger partial charge in [0.1, 0.15) is 25.1 Å². The van der Waals surface area contributed by atoms with Gasteiger partial charge in [0.2, 0.25) is 0 Å². The van der Waals surface area contributed by atoms with Crippen LogP contribution < -0.4 is 9.47 Å². The Labute approximate surface area is 179 Å². The maximum Gasteiger partial charge on any atom is 0.330 e. The summed E-state index contributed by atoms with van der Waals surface area (Å²) in [7, 11) is 3.00. The number of carbonyl (C=O) groups is 2. The summed E-state index contributed by atoms with van der Waals surface area (Å²) in [4.78, 5) is 23.5. The van der Waals surface area contributed by atoms with E-state index in [1.807, 2.05) is 0 Å². The van der Waals surface area contributed by atoms with Gasteiger partial charge in [-0.2, -0.15) is 0 Å². The van der Waals surface area contributed by atoms with Gasteiger partial charge in [-0.05, 0) is 47.5 Å². The Morgan fingerprint density at radius 1 is 0.871 bits per heavy atom. The monoisotopic (exact) mass is 428 g/mol. The average Bonchev–Trinajstić information content (AvgIpc) is 2.79. The zero-order valence-electron chi connectivity index (χ0n) is 17.2. The average molecular weight is 428 g/mol. The normalized spacial score (nSPS) is 12.0. The van der Waals surface area contributed by atoms with Gasteiger partial charge in [0.25, 0.3) is 0 Å². The summed E-state index contributed by atoms with van der Waals surface area (Å²) in [5.74, 6) is -0.373. The highest BCUT2D eigenvalue weighted by atomic mass is 16.6. The van der Waals surface area contributed by atoms with Crippen molar-refractivity contribution < 1.29 is 38.7 Å². The number of benzene rings is 2. The van der Waals surface area contributed by atoms with Crippen molar-refractivity contribution in [2.75, 3.05) is 27.4 Å². The van der Waals surface area contributed by atoms with Crippen LogP contribution >= 0.6 is 0 Å². The number of aliphatic hydroxyl groups excluding tert-OH is 1. The van der Waals surface area contributed by atoms with Gasteiger partial charge in [0.05, 0.1) is 14.2 Å². The Bertz CT molecular complexity index is 931. The Kier molecular flexibility index (Phi) is 9.13. The van der Waals surface area contributed by atoms with Crippen molar-refractivity contribution in [1.29, 1.82) is 0 Å². The quantitative estimate of drug-likeness (QED) is 0.439. The Morgan fingerprint density at radius 3 is 1.94 bits per heavy atom. The van der Waals surface area contributed by atoms with E-state index in [4.69, 9.17) is 18.9 Å². The van der Waals surface area contributed by atoms with Crippen molar-refractivity contribution in [2.45, 2.75) is 6.10 Å². The number of phenolic OH excluding ortho intramolecular Hbond substituents is 1. The third-order valence-corrected chi connectivity index (χ3v) is 3.98. The molecule has 0 heterocycles. The molecule has 0 aliphatic heterocycles. The number of carbonyl (C=O) groups excluding carboxylic acids is 2. The lowest BCUT2D eigenvalue weighted by atomic mass is 10.2. The first-order valence-corrected chi connectivity index (χ1v) is 9.30. The van der Waals surface area contributed by atoms with Crippen LogP contribution in [-0.4, -0.2) is 55.7 Å². The van der Waals surface area contributed by atoms with Crippen molar-refractivity contribution >= 4 is 24.1 Å². The summed E-state index contributed by atoms with van der Waals surface area (Å²) in [5.41, 5.74) is 1.34. The minimum absolute atomic E-state index is 0.0590. The number of phenols is 1. The molecule has 0 aliphatic rings. The zero-order chi connectivity index (χ0) is 22.6. The number of esters is 2. The van der Waals surface area contributed by atoms with Crippen LogP contribution in [-0.2, 0) is 19.1 Å². The number of hydrogen-bond donors (Lipinski definition) is 2. The van der Waals surface area contributed by atoms with Crippen LogP contribution in [0.4, 0.5) is 0 Å². The van der Waals surface area contributed by atoms with Crippen molar-refractivity contribution in [3.63, 3.8) is 0 Å².